The number of hydrogen-bond donors (Lipinski definition) is 1. The van der Waals surface area contributed by atoms with E-state index in [4.69, 9.17) is 21.1 Å². The number of rotatable bonds is 16. The van der Waals surface area contributed by atoms with E-state index in [2.05, 4.69) is 23.7 Å². The van der Waals surface area contributed by atoms with E-state index in [1.54, 1.807) is 42.0 Å². The minimum Gasteiger partial charge on any atom is -0.491 e. The lowest BCUT2D eigenvalue weighted by Gasteiger charge is -2.29. The van der Waals surface area contributed by atoms with Crippen molar-refractivity contribution in [2.24, 2.45) is 0 Å². The summed E-state index contributed by atoms with van der Waals surface area (Å²) in [6.45, 7) is 8.45. The standard InChI is InChI=1S/C43H48ClN5O7S/c1-5-7-20-47(21-8-6-2)43(52)40-39(44)29(3)49(45-40)38-18-15-32(27-37(38)42(51)48-22-19-30-11-9-10-12-33(30)28-48)41(50)46-57(53,54)36-17-14-31-13-16-35(25-34(31)26-36)56-24-23-55-4/h9-18,25-27H,5-8,19-24,28H2,1-4H3,(H,46,50). The molecule has 0 aliphatic carbocycles. The second-order valence-corrected chi connectivity index (χ2v) is 16.1. The van der Waals surface area contributed by atoms with Gasteiger partial charge in [-0.15, -0.1) is 0 Å². The minimum atomic E-state index is -4.36. The summed E-state index contributed by atoms with van der Waals surface area (Å²) in [4.78, 5) is 45.5. The van der Waals surface area contributed by atoms with Crippen LogP contribution in [0.3, 0.4) is 0 Å². The zero-order chi connectivity index (χ0) is 40.7. The Balaban J connectivity index is 1.35. The van der Waals surface area contributed by atoms with Crippen LogP contribution in [0.2, 0.25) is 5.02 Å². The summed E-state index contributed by atoms with van der Waals surface area (Å²) in [5, 5.41) is 6.23. The van der Waals surface area contributed by atoms with Crippen molar-refractivity contribution in [3.05, 3.63) is 118 Å². The zero-order valence-electron chi connectivity index (χ0n) is 32.7. The summed E-state index contributed by atoms with van der Waals surface area (Å²) >= 11 is 6.82. The van der Waals surface area contributed by atoms with Crippen molar-refractivity contribution in [1.29, 1.82) is 0 Å². The number of unbranched alkanes of at least 4 members (excludes halogenated alkanes) is 2. The Hall–Kier alpha value is -5.24. The van der Waals surface area contributed by atoms with Crippen molar-refractivity contribution in [3.63, 3.8) is 0 Å². The van der Waals surface area contributed by atoms with E-state index in [0.29, 0.717) is 68.3 Å². The highest BCUT2D eigenvalue weighted by Crippen LogP contribution is 2.30. The van der Waals surface area contributed by atoms with Gasteiger partial charge in [0, 0.05) is 38.9 Å². The summed E-state index contributed by atoms with van der Waals surface area (Å²) in [5.74, 6) is -1.07. The second-order valence-electron chi connectivity index (χ2n) is 14.1. The van der Waals surface area contributed by atoms with Gasteiger partial charge in [-0.2, -0.15) is 5.10 Å². The lowest BCUT2D eigenvalue weighted by molar-refractivity contribution is 0.0732. The number of ether oxygens (including phenoxy) is 2. The van der Waals surface area contributed by atoms with Crippen molar-refractivity contribution in [2.45, 2.75) is 64.3 Å². The summed E-state index contributed by atoms with van der Waals surface area (Å²) in [7, 11) is -2.78. The molecule has 1 aliphatic heterocycles. The van der Waals surface area contributed by atoms with E-state index in [1.165, 1.54) is 35.0 Å². The van der Waals surface area contributed by atoms with Crippen LogP contribution in [-0.2, 0) is 27.7 Å². The van der Waals surface area contributed by atoms with Gasteiger partial charge in [0.2, 0.25) is 0 Å². The van der Waals surface area contributed by atoms with Crippen LogP contribution in [0.4, 0.5) is 0 Å². The number of benzene rings is 4. The third-order valence-electron chi connectivity index (χ3n) is 10.1. The van der Waals surface area contributed by atoms with Gasteiger partial charge >= 0.3 is 0 Å². The smallest absolute Gasteiger partial charge is 0.275 e. The molecule has 6 rings (SSSR count). The Morgan fingerprint density at radius 1 is 0.895 bits per heavy atom. The molecule has 3 amide bonds. The number of carbonyl (C=O) groups excluding carboxylic acids is 3. The predicted octanol–water partition coefficient (Wildman–Crippen LogP) is 7.37. The maximum absolute atomic E-state index is 14.5. The van der Waals surface area contributed by atoms with Crippen molar-refractivity contribution in [2.75, 3.05) is 40.0 Å². The highest BCUT2D eigenvalue weighted by molar-refractivity contribution is 7.90. The molecule has 1 N–H and O–H groups in total. The largest absolute Gasteiger partial charge is 0.491 e. The number of hydrogen-bond acceptors (Lipinski definition) is 8. The highest BCUT2D eigenvalue weighted by Gasteiger charge is 2.30. The molecule has 2 heterocycles. The molecule has 4 aromatic carbocycles. The maximum Gasteiger partial charge on any atom is 0.275 e. The maximum atomic E-state index is 14.5. The van der Waals surface area contributed by atoms with E-state index in [1.807, 2.05) is 30.3 Å². The fourth-order valence-corrected chi connectivity index (χ4v) is 8.04. The average Bonchev–Trinajstić information content (AvgIpc) is 3.52. The molecule has 1 aliphatic rings. The van der Waals surface area contributed by atoms with Gasteiger partial charge in [0.1, 0.15) is 12.4 Å². The lowest BCUT2D eigenvalue weighted by Crippen LogP contribution is -2.37. The van der Waals surface area contributed by atoms with Gasteiger partial charge in [0.15, 0.2) is 5.69 Å². The number of aromatic nitrogens is 2. The number of fused-ring (bicyclic) bond motifs is 2. The number of nitrogens with zero attached hydrogens (tertiary/aromatic N) is 4. The zero-order valence-corrected chi connectivity index (χ0v) is 34.3. The van der Waals surface area contributed by atoms with Crippen LogP contribution in [0, 0.1) is 6.92 Å². The second kappa shape index (κ2) is 18.4. The number of halogens is 1. The van der Waals surface area contributed by atoms with Gasteiger partial charge in [-0.25, -0.2) is 17.8 Å². The molecule has 300 valence electrons. The summed E-state index contributed by atoms with van der Waals surface area (Å²) in [5.41, 5.74) is 3.00. The molecule has 0 bridgehead atoms. The minimum absolute atomic E-state index is 0.0600. The Kier molecular flexibility index (Phi) is 13.3. The molecule has 0 saturated heterocycles. The first-order valence-electron chi connectivity index (χ1n) is 19.2. The first-order chi connectivity index (χ1) is 27.4. The molecule has 5 aromatic rings. The van der Waals surface area contributed by atoms with E-state index < -0.39 is 15.9 Å². The Morgan fingerprint density at radius 3 is 2.33 bits per heavy atom. The molecule has 57 heavy (non-hydrogen) atoms. The van der Waals surface area contributed by atoms with Gasteiger partial charge in [-0.05, 0) is 90.6 Å². The molecule has 0 atom stereocenters. The fourth-order valence-electron chi connectivity index (χ4n) is 6.83. The van der Waals surface area contributed by atoms with Crippen molar-refractivity contribution >= 4 is 50.1 Å². The van der Waals surface area contributed by atoms with Gasteiger partial charge in [0.05, 0.1) is 33.5 Å². The van der Waals surface area contributed by atoms with Gasteiger partial charge in [-0.3, -0.25) is 14.4 Å². The van der Waals surface area contributed by atoms with Gasteiger partial charge in [0.25, 0.3) is 27.7 Å². The Morgan fingerprint density at radius 2 is 1.61 bits per heavy atom. The van der Waals surface area contributed by atoms with Gasteiger partial charge < -0.3 is 19.3 Å². The predicted molar refractivity (Wildman–Crippen MR) is 220 cm³/mol. The average molecular weight is 814 g/mol. The Labute approximate surface area is 338 Å². The number of nitrogens with one attached hydrogen (secondary N) is 1. The Bertz CT molecular complexity index is 2390. The molecule has 1 aromatic heterocycles. The molecule has 14 heteroatoms. The summed E-state index contributed by atoms with van der Waals surface area (Å²) < 4.78 is 41.7. The summed E-state index contributed by atoms with van der Waals surface area (Å²) in [6, 6.07) is 22.1. The number of amides is 3. The first kappa shape index (κ1) is 41.4. The first-order valence-corrected chi connectivity index (χ1v) is 21.1. The number of sulfonamides is 1. The number of carbonyl (C=O) groups is 3. The highest BCUT2D eigenvalue weighted by atomic mass is 35.5. The molecule has 0 unspecified atom stereocenters. The van der Waals surface area contributed by atoms with Crippen molar-refractivity contribution in [1.82, 2.24) is 24.3 Å². The third kappa shape index (κ3) is 9.33. The fraction of sp³-hybridized carbons (Fsp3) is 0.349. The monoisotopic (exact) mass is 813 g/mol. The number of methoxy groups -OCH3 is 1. The molecule has 0 saturated carbocycles. The van der Waals surface area contributed by atoms with E-state index in [0.717, 1.165) is 42.2 Å². The van der Waals surface area contributed by atoms with Crippen LogP contribution >= 0.6 is 11.6 Å². The summed E-state index contributed by atoms with van der Waals surface area (Å²) in [6.07, 6.45) is 4.13. The lowest BCUT2D eigenvalue weighted by atomic mass is 9.98. The molecule has 0 radical (unpaired) electrons. The molecular weight excluding hydrogens is 766 g/mol. The van der Waals surface area contributed by atoms with Crippen molar-refractivity contribution < 1.29 is 32.3 Å². The van der Waals surface area contributed by atoms with Crippen LogP contribution in [0.1, 0.15) is 87.6 Å². The van der Waals surface area contributed by atoms with Crippen LogP contribution < -0.4 is 9.46 Å². The van der Waals surface area contributed by atoms with Crippen molar-refractivity contribution in [3.8, 4) is 11.4 Å². The van der Waals surface area contributed by atoms with Crippen LogP contribution in [0.15, 0.2) is 83.8 Å². The van der Waals surface area contributed by atoms with Crippen LogP contribution in [0.5, 0.6) is 5.75 Å². The normalized spacial score (nSPS) is 12.7. The van der Waals surface area contributed by atoms with E-state index in [9.17, 15) is 22.8 Å². The quantitative estimate of drug-likeness (QED) is 0.102. The molecular formula is C43H48ClN5O7S. The molecule has 0 spiro atoms. The molecule has 0 fully saturated rings. The van der Waals surface area contributed by atoms with Crippen LogP contribution in [-0.4, -0.2) is 85.7 Å². The topological polar surface area (TPSA) is 140 Å². The van der Waals surface area contributed by atoms with E-state index in [-0.39, 0.29) is 38.6 Å². The SMILES string of the molecule is CCCCN(CCCC)C(=O)c1nn(-c2ccc(C(=O)NS(=O)(=O)c3ccc4ccc(OCCOC)cc4c3)cc2C(=O)N2CCc3ccccc3C2)c(C)c1Cl. The van der Waals surface area contributed by atoms with Gasteiger partial charge in [-0.1, -0.05) is 74.7 Å². The third-order valence-corrected chi connectivity index (χ3v) is 11.9. The van der Waals surface area contributed by atoms with Crippen LogP contribution in [0.25, 0.3) is 16.5 Å². The van der Waals surface area contributed by atoms with E-state index >= 15 is 0 Å². The molecule has 12 nitrogen and oxygen atoms in total.